The highest BCUT2D eigenvalue weighted by Gasteiger charge is 2.51. The molecule has 164 valence electrons. The van der Waals surface area contributed by atoms with Crippen LogP contribution < -0.4 is 0 Å². The van der Waals surface area contributed by atoms with Crippen LogP contribution in [0, 0.1) is 5.92 Å². The summed E-state index contributed by atoms with van der Waals surface area (Å²) >= 11 is 0. The van der Waals surface area contributed by atoms with Crippen LogP contribution in [0.25, 0.3) is 16.8 Å². The maximum Gasteiger partial charge on any atom is 0.416 e. The topological polar surface area (TPSA) is 63.8 Å². The molecule has 0 radical (unpaired) electrons. The number of aliphatic hydroxyl groups is 1. The maximum absolute atomic E-state index is 12.9. The number of hydrogen-bond acceptors (Lipinski definition) is 4. The average Bonchev–Trinajstić information content (AvgIpc) is 3.03. The molecule has 0 amide bonds. The molecule has 4 rings (SSSR count). The van der Waals surface area contributed by atoms with Gasteiger partial charge in [-0.25, -0.2) is 4.98 Å². The van der Waals surface area contributed by atoms with Crippen LogP contribution in [-0.2, 0) is 21.3 Å². The predicted molar refractivity (Wildman–Crippen MR) is 108 cm³/mol. The Morgan fingerprint density at radius 2 is 1.77 bits per heavy atom. The lowest BCUT2D eigenvalue weighted by atomic mass is 9.70. The largest absolute Gasteiger partial charge is 0.460 e. The average molecular weight is 432 g/mol. The number of esters is 1. The molecule has 0 unspecified atom stereocenters. The van der Waals surface area contributed by atoms with Gasteiger partial charge in [0.25, 0.3) is 0 Å². The number of nitrogens with zero attached hydrogens (tertiary/aromatic N) is 2. The van der Waals surface area contributed by atoms with Gasteiger partial charge in [-0.3, -0.25) is 4.79 Å². The molecule has 1 aliphatic rings. The minimum Gasteiger partial charge on any atom is -0.460 e. The van der Waals surface area contributed by atoms with Crippen molar-refractivity contribution >= 4 is 11.5 Å². The van der Waals surface area contributed by atoms with Gasteiger partial charge in [-0.15, -0.1) is 0 Å². The number of halogens is 3. The molecule has 0 spiro atoms. The number of imidazole rings is 1. The molecule has 1 fully saturated rings. The first-order valence-electron chi connectivity index (χ1n) is 9.98. The zero-order valence-corrected chi connectivity index (χ0v) is 17.4. The zero-order chi connectivity index (χ0) is 22.6. The Morgan fingerprint density at radius 1 is 1.13 bits per heavy atom. The molecule has 1 aliphatic carbocycles. The molecule has 3 aromatic rings. The lowest BCUT2D eigenvalue weighted by Gasteiger charge is -2.41. The summed E-state index contributed by atoms with van der Waals surface area (Å²) in [6, 6.07) is 10.1. The number of ether oxygens (including phenoxy) is 1. The van der Waals surface area contributed by atoms with Crippen LogP contribution in [0.5, 0.6) is 0 Å². The number of aromatic nitrogens is 2. The van der Waals surface area contributed by atoms with Gasteiger partial charge in [0, 0.05) is 11.8 Å². The number of pyridine rings is 1. The van der Waals surface area contributed by atoms with Gasteiger partial charge < -0.3 is 14.2 Å². The molecule has 0 bridgehead atoms. The standard InChI is InChI=1S/C23H23F3N2O3/c1-21(2,3)31-19(29)15-12-22(30,13-15)20-27-18(17-6-4-5-11-28(17)20)14-7-9-16(10-8-14)23(24,25)26/h4-11,15,30H,12-13H2,1-3H3. The summed E-state index contributed by atoms with van der Waals surface area (Å²) in [6.07, 6.45) is -2.34. The fraction of sp³-hybridized carbons (Fsp3) is 0.391. The van der Waals surface area contributed by atoms with E-state index in [0.717, 1.165) is 12.1 Å². The van der Waals surface area contributed by atoms with E-state index in [9.17, 15) is 23.1 Å². The van der Waals surface area contributed by atoms with Crippen LogP contribution in [0.4, 0.5) is 13.2 Å². The van der Waals surface area contributed by atoms with E-state index in [4.69, 9.17) is 4.74 Å². The normalized spacial score (nSPS) is 21.7. The maximum atomic E-state index is 12.9. The van der Waals surface area contributed by atoms with Gasteiger partial charge in [0.05, 0.1) is 22.7 Å². The second-order valence-electron chi connectivity index (χ2n) is 8.99. The third-order valence-corrected chi connectivity index (χ3v) is 5.36. The van der Waals surface area contributed by atoms with Crippen molar-refractivity contribution in [3.63, 3.8) is 0 Å². The summed E-state index contributed by atoms with van der Waals surface area (Å²) in [5, 5.41) is 11.2. The summed E-state index contributed by atoms with van der Waals surface area (Å²) in [7, 11) is 0. The van der Waals surface area contributed by atoms with Crippen LogP contribution >= 0.6 is 0 Å². The van der Waals surface area contributed by atoms with E-state index >= 15 is 0 Å². The van der Waals surface area contributed by atoms with Gasteiger partial charge in [-0.2, -0.15) is 13.2 Å². The van der Waals surface area contributed by atoms with Gasteiger partial charge in [0.1, 0.15) is 17.0 Å². The molecule has 1 N–H and O–H groups in total. The third-order valence-electron chi connectivity index (χ3n) is 5.36. The molecular weight excluding hydrogens is 409 g/mol. The first-order chi connectivity index (χ1) is 14.4. The van der Waals surface area contributed by atoms with E-state index in [1.807, 2.05) is 0 Å². The molecule has 1 saturated carbocycles. The summed E-state index contributed by atoms with van der Waals surface area (Å²) in [5.74, 6) is -0.436. The number of fused-ring (bicyclic) bond motifs is 1. The molecule has 5 nitrogen and oxygen atoms in total. The Kier molecular flexibility index (Phi) is 4.88. The molecule has 8 heteroatoms. The van der Waals surface area contributed by atoms with E-state index in [1.165, 1.54) is 12.1 Å². The lowest BCUT2D eigenvalue weighted by molar-refractivity contribution is -0.177. The number of rotatable bonds is 3. The Labute approximate surface area is 177 Å². The van der Waals surface area contributed by atoms with Crippen molar-refractivity contribution in [1.82, 2.24) is 9.38 Å². The van der Waals surface area contributed by atoms with Gasteiger partial charge >= 0.3 is 12.1 Å². The molecule has 0 atom stereocenters. The van der Waals surface area contributed by atoms with E-state index in [0.29, 0.717) is 22.6 Å². The summed E-state index contributed by atoms with van der Waals surface area (Å²) < 4.78 is 45.8. The van der Waals surface area contributed by atoms with Gasteiger partial charge in [-0.1, -0.05) is 18.2 Å². The first-order valence-corrected chi connectivity index (χ1v) is 9.98. The third kappa shape index (κ3) is 4.04. The highest BCUT2D eigenvalue weighted by atomic mass is 19.4. The SMILES string of the molecule is CC(C)(C)OC(=O)C1CC(O)(c2nc(-c3ccc(C(F)(F)F)cc3)c3ccccn23)C1. The minimum atomic E-state index is -4.42. The van der Waals surface area contributed by atoms with Crippen molar-refractivity contribution in [2.75, 3.05) is 0 Å². The fourth-order valence-electron chi connectivity index (χ4n) is 3.89. The number of benzene rings is 1. The molecular formula is C23H23F3N2O3. The second-order valence-corrected chi connectivity index (χ2v) is 8.99. The smallest absolute Gasteiger partial charge is 0.416 e. The van der Waals surface area contributed by atoms with Crippen molar-refractivity contribution in [3.8, 4) is 11.3 Å². The number of hydrogen-bond donors (Lipinski definition) is 1. The summed E-state index contributed by atoms with van der Waals surface area (Å²) in [4.78, 5) is 16.9. The molecule has 1 aromatic carbocycles. The van der Waals surface area contributed by atoms with Crippen LogP contribution in [0.2, 0.25) is 0 Å². The Morgan fingerprint density at radius 3 is 2.35 bits per heavy atom. The van der Waals surface area contributed by atoms with Gasteiger partial charge in [0.2, 0.25) is 0 Å². The van der Waals surface area contributed by atoms with Crippen molar-refractivity contribution < 1.29 is 27.8 Å². The van der Waals surface area contributed by atoms with Crippen molar-refractivity contribution in [2.45, 2.75) is 51.0 Å². The van der Waals surface area contributed by atoms with Crippen LogP contribution in [-0.4, -0.2) is 26.1 Å². The first kappa shape index (κ1) is 21.4. The van der Waals surface area contributed by atoms with E-state index < -0.39 is 28.9 Å². The van der Waals surface area contributed by atoms with Crippen molar-refractivity contribution in [1.29, 1.82) is 0 Å². The van der Waals surface area contributed by atoms with Gasteiger partial charge in [0.15, 0.2) is 0 Å². The highest BCUT2D eigenvalue weighted by Crippen LogP contribution is 2.47. The number of alkyl halides is 3. The Bertz CT molecular complexity index is 1120. The van der Waals surface area contributed by atoms with E-state index in [-0.39, 0.29) is 18.8 Å². The number of carbonyl (C=O) groups is 1. The molecule has 2 aromatic heterocycles. The molecule has 0 saturated heterocycles. The van der Waals surface area contributed by atoms with Crippen molar-refractivity contribution in [3.05, 3.63) is 60.0 Å². The molecule has 31 heavy (non-hydrogen) atoms. The summed E-state index contributed by atoms with van der Waals surface area (Å²) in [6.45, 7) is 5.36. The molecule has 0 aliphatic heterocycles. The minimum absolute atomic E-state index is 0.169. The predicted octanol–water partition coefficient (Wildman–Crippen LogP) is 4.96. The zero-order valence-electron chi connectivity index (χ0n) is 17.4. The Balaban J connectivity index is 1.66. The Hall–Kier alpha value is -2.87. The van der Waals surface area contributed by atoms with Crippen LogP contribution in [0.15, 0.2) is 48.7 Å². The van der Waals surface area contributed by atoms with E-state index in [2.05, 4.69) is 4.98 Å². The quantitative estimate of drug-likeness (QED) is 0.595. The molecule has 2 heterocycles. The summed E-state index contributed by atoms with van der Waals surface area (Å²) in [5.41, 5.74) is -1.03. The van der Waals surface area contributed by atoms with Gasteiger partial charge in [-0.05, 0) is 57.9 Å². The van der Waals surface area contributed by atoms with Crippen LogP contribution in [0.1, 0.15) is 45.0 Å². The lowest BCUT2D eigenvalue weighted by Crippen LogP contribution is -2.47. The van der Waals surface area contributed by atoms with Crippen LogP contribution in [0.3, 0.4) is 0 Å². The second kappa shape index (κ2) is 7.09. The van der Waals surface area contributed by atoms with E-state index in [1.54, 1.807) is 49.6 Å². The monoisotopic (exact) mass is 432 g/mol. The van der Waals surface area contributed by atoms with Crippen molar-refractivity contribution in [2.24, 2.45) is 5.92 Å². The number of carbonyl (C=O) groups excluding carboxylic acids is 1. The highest BCUT2D eigenvalue weighted by molar-refractivity contribution is 5.79. The fourth-order valence-corrected chi connectivity index (χ4v) is 3.89.